The summed E-state index contributed by atoms with van der Waals surface area (Å²) < 4.78 is 10.1. The first-order valence-corrected chi connectivity index (χ1v) is 8.52. The fraction of sp³-hybridized carbons (Fsp3) is 0.579. The van der Waals surface area contributed by atoms with Crippen LogP contribution >= 0.6 is 0 Å². The maximum Gasteiger partial charge on any atom is 0.307 e. The van der Waals surface area contributed by atoms with Gasteiger partial charge in [0.15, 0.2) is 0 Å². The van der Waals surface area contributed by atoms with Gasteiger partial charge in [-0.05, 0) is 37.0 Å². The summed E-state index contributed by atoms with van der Waals surface area (Å²) in [6, 6.07) is 7.81. The number of amides is 1. The molecule has 1 amide bonds. The molecule has 5 heteroatoms. The van der Waals surface area contributed by atoms with Gasteiger partial charge in [0.1, 0.15) is 5.75 Å². The summed E-state index contributed by atoms with van der Waals surface area (Å²) in [5, 5.41) is 0. The number of nitrogens with zero attached hydrogens (tertiary/aromatic N) is 1. The lowest BCUT2D eigenvalue weighted by molar-refractivity contribution is -0.144. The average Bonchev–Trinajstić information content (AvgIpc) is 2.54. The molecular weight excluding hydrogens is 306 g/mol. The van der Waals surface area contributed by atoms with Gasteiger partial charge in [0, 0.05) is 19.5 Å². The van der Waals surface area contributed by atoms with E-state index in [1.807, 2.05) is 38.1 Å². The largest absolute Gasteiger partial charge is 0.497 e. The normalized spacial score (nSPS) is 10.5. The number of esters is 1. The highest BCUT2D eigenvalue weighted by atomic mass is 16.5. The minimum Gasteiger partial charge on any atom is -0.497 e. The Morgan fingerprint density at radius 1 is 1.12 bits per heavy atom. The van der Waals surface area contributed by atoms with Gasteiger partial charge in [-0.25, -0.2) is 0 Å². The predicted molar refractivity (Wildman–Crippen MR) is 94.0 cm³/mol. The predicted octanol–water partition coefficient (Wildman–Crippen LogP) is 3.07. The first kappa shape index (κ1) is 20.0. The van der Waals surface area contributed by atoms with Crippen molar-refractivity contribution in [2.75, 3.05) is 26.8 Å². The minimum absolute atomic E-state index is 0.0859. The number of hydrogen-bond donors (Lipinski definition) is 0. The summed E-state index contributed by atoms with van der Waals surface area (Å²) in [5.74, 6) is 0.935. The van der Waals surface area contributed by atoms with Gasteiger partial charge in [0.05, 0.1) is 20.1 Å². The first-order chi connectivity index (χ1) is 11.5. The molecule has 0 fully saturated rings. The maximum absolute atomic E-state index is 12.4. The van der Waals surface area contributed by atoms with E-state index in [2.05, 4.69) is 0 Å². The zero-order valence-electron chi connectivity index (χ0n) is 15.2. The Balaban J connectivity index is 2.61. The van der Waals surface area contributed by atoms with Crippen molar-refractivity contribution in [3.8, 4) is 5.75 Å². The van der Waals surface area contributed by atoms with Crippen molar-refractivity contribution in [1.29, 1.82) is 0 Å². The Morgan fingerprint density at radius 3 is 2.33 bits per heavy atom. The summed E-state index contributed by atoms with van der Waals surface area (Å²) in [7, 11) is 1.64. The molecule has 1 aromatic carbocycles. The highest BCUT2D eigenvalue weighted by Crippen LogP contribution is 2.13. The number of carbonyl (C=O) groups excluding carboxylic acids is 2. The minimum atomic E-state index is -0.260. The van der Waals surface area contributed by atoms with Gasteiger partial charge in [-0.15, -0.1) is 0 Å². The lowest BCUT2D eigenvalue weighted by Crippen LogP contribution is -2.35. The maximum atomic E-state index is 12.4. The standard InChI is InChI=1S/C19H29NO4/c1-5-24-19(22)11-13-20(18(21)14-15(2)3)12-10-16-6-8-17(23-4)9-7-16/h6-9,15H,5,10-14H2,1-4H3. The smallest absolute Gasteiger partial charge is 0.307 e. The molecule has 0 spiro atoms. The fourth-order valence-corrected chi connectivity index (χ4v) is 2.36. The van der Waals surface area contributed by atoms with E-state index in [0.717, 1.165) is 17.7 Å². The molecule has 0 saturated heterocycles. The third kappa shape index (κ3) is 7.49. The molecule has 0 bridgehead atoms. The third-order valence-corrected chi connectivity index (χ3v) is 3.66. The van der Waals surface area contributed by atoms with Gasteiger partial charge in [0.25, 0.3) is 0 Å². The van der Waals surface area contributed by atoms with Gasteiger partial charge in [-0.3, -0.25) is 9.59 Å². The summed E-state index contributed by atoms with van der Waals surface area (Å²) in [6.07, 6.45) is 1.47. The third-order valence-electron chi connectivity index (χ3n) is 3.66. The molecule has 0 saturated carbocycles. The molecule has 0 aromatic heterocycles. The van der Waals surface area contributed by atoms with Crippen LogP contribution in [0, 0.1) is 5.92 Å². The van der Waals surface area contributed by atoms with Gasteiger partial charge in [-0.2, -0.15) is 0 Å². The van der Waals surface area contributed by atoms with E-state index in [-0.39, 0.29) is 18.3 Å². The molecule has 24 heavy (non-hydrogen) atoms. The Labute approximate surface area is 144 Å². The molecule has 0 heterocycles. The van der Waals surface area contributed by atoms with Gasteiger partial charge < -0.3 is 14.4 Å². The first-order valence-electron chi connectivity index (χ1n) is 8.52. The summed E-state index contributed by atoms with van der Waals surface area (Å²) in [4.78, 5) is 25.7. The van der Waals surface area contributed by atoms with Crippen molar-refractivity contribution in [1.82, 2.24) is 4.90 Å². The molecule has 0 aliphatic rings. The fourth-order valence-electron chi connectivity index (χ4n) is 2.36. The van der Waals surface area contributed by atoms with Crippen LogP contribution < -0.4 is 4.74 Å². The zero-order valence-corrected chi connectivity index (χ0v) is 15.2. The molecule has 0 atom stereocenters. The molecular formula is C19H29NO4. The second-order valence-electron chi connectivity index (χ2n) is 6.13. The second kappa shape index (κ2) is 10.7. The second-order valence-corrected chi connectivity index (χ2v) is 6.13. The van der Waals surface area contributed by atoms with Crippen LogP contribution in [0.5, 0.6) is 5.75 Å². The number of methoxy groups -OCH3 is 1. The number of benzene rings is 1. The van der Waals surface area contributed by atoms with Crippen LogP contribution in [-0.4, -0.2) is 43.6 Å². The van der Waals surface area contributed by atoms with Crippen LogP contribution in [0.1, 0.15) is 39.2 Å². The van der Waals surface area contributed by atoms with E-state index in [0.29, 0.717) is 32.0 Å². The quantitative estimate of drug-likeness (QED) is 0.617. The van der Waals surface area contributed by atoms with Crippen LogP contribution in [0.25, 0.3) is 0 Å². The summed E-state index contributed by atoms with van der Waals surface area (Å²) in [5.41, 5.74) is 1.13. The number of ether oxygens (including phenoxy) is 2. The van der Waals surface area contributed by atoms with E-state index in [1.165, 1.54) is 0 Å². The Morgan fingerprint density at radius 2 is 1.79 bits per heavy atom. The molecule has 0 radical (unpaired) electrons. The molecule has 5 nitrogen and oxygen atoms in total. The van der Waals surface area contributed by atoms with Crippen molar-refractivity contribution in [3.05, 3.63) is 29.8 Å². The Kier molecular flexibility index (Phi) is 8.90. The number of carbonyl (C=O) groups is 2. The van der Waals surface area contributed by atoms with Gasteiger partial charge in [0.2, 0.25) is 5.91 Å². The number of hydrogen-bond acceptors (Lipinski definition) is 4. The van der Waals surface area contributed by atoms with Crippen LogP contribution in [0.4, 0.5) is 0 Å². The highest BCUT2D eigenvalue weighted by molar-refractivity contribution is 5.77. The molecule has 134 valence electrons. The topological polar surface area (TPSA) is 55.8 Å². The van der Waals surface area contributed by atoms with E-state index in [4.69, 9.17) is 9.47 Å². The van der Waals surface area contributed by atoms with Crippen LogP contribution in [0.3, 0.4) is 0 Å². The number of rotatable bonds is 10. The van der Waals surface area contributed by atoms with E-state index in [9.17, 15) is 9.59 Å². The van der Waals surface area contributed by atoms with E-state index < -0.39 is 0 Å². The van der Waals surface area contributed by atoms with Gasteiger partial charge >= 0.3 is 5.97 Å². The van der Waals surface area contributed by atoms with Crippen molar-refractivity contribution < 1.29 is 19.1 Å². The Bertz CT molecular complexity index is 511. The zero-order chi connectivity index (χ0) is 17.9. The van der Waals surface area contributed by atoms with Crippen molar-refractivity contribution in [2.24, 2.45) is 5.92 Å². The lowest BCUT2D eigenvalue weighted by Gasteiger charge is -2.23. The van der Waals surface area contributed by atoms with Crippen LogP contribution in [0.15, 0.2) is 24.3 Å². The molecule has 0 aliphatic carbocycles. The molecule has 1 aromatic rings. The average molecular weight is 335 g/mol. The SMILES string of the molecule is CCOC(=O)CCN(CCc1ccc(OC)cc1)C(=O)CC(C)C. The van der Waals surface area contributed by atoms with Crippen molar-refractivity contribution >= 4 is 11.9 Å². The summed E-state index contributed by atoms with van der Waals surface area (Å²) >= 11 is 0. The lowest BCUT2D eigenvalue weighted by atomic mass is 10.1. The van der Waals surface area contributed by atoms with Crippen LogP contribution in [-0.2, 0) is 20.7 Å². The molecule has 0 N–H and O–H groups in total. The van der Waals surface area contributed by atoms with Crippen LogP contribution in [0.2, 0.25) is 0 Å². The molecule has 1 rings (SSSR count). The summed E-state index contributed by atoms with van der Waals surface area (Å²) in [6.45, 7) is 7.18. The van der Waals surface area contributed by atoms with E-state index in [1.54, 1.807) is 18.9 Å². The van der Waals surface area contributed by atoms with Gasteiger partial charge in [-0.1, -0.05) is 26.0 Å². The molecule has 0 unspecified atom stereocenters. The monoisotopic (exact) mass is 335 g/mol. The highest BCUT2D eigenvalue weighted by Gasteiger charge is 2.16. The van der Waals surface area contributed by atoms with Crippen molar-refractivity contribution in [2.45, 2.75) is 40.0 Å². The Hall–Kier alpha value is -2.04. The molecule has 0 aliphatic heterocycles. The van der Waals surface area contributed by atoms with Crippen molar-refractivity contribution in [3.63, 3.8) is 0 Å². The van der Waals surface area contributed by atoms with E-state index >= 15 is 0 Å².